The number of hydrogen-bond donors (Lipinski definition) is 1. The Morgan fingerprint density at radius 3 is 2.28 bits per heavy atom. The third-order valence-electron chi connectivity index (χ3n) is 4.86. The third-order valence-corrected chi connectivity index (χ3v) is 7.64. The maximum atomic E-state index is 13.1. The molecule has 0 unspecified atom stereocenters. The van der Waals surface area contributed by atoms with Crippen LogP contribution in [0.5, 0.6) is 0 Å². The number of aromatic nitrogens is 2. The molecular formula is C20H20BrCl2N3O2S. The maximum Gasteiger partial charge on any atom is 0.263 e. The molecule has 0 aliphatic heterocycles. The van der Waals surface area contributed by atoms with E-state index in [1.165, 1.54) is 0 Å². The molecule has 0 atom stereocenters. The van der Waals surface area contributed by atoms with Gasteiger partial charge in [-0.25, -0.2) is 8.42 Å². The summed E-state index contributed by atoms with van der Waals surface area (Å²) in [7, 11) is -3.81. The van der Waals surface area contributed by atoms with Crippen molar-refractivity contribution in [3.63, 3.8) is 0 Å². The summed E-state index contributed by atoms with van der Waals surface area (Å²) < 4.78 is 31.0. The minimum absolute atomic E-state index is 0.216. The van der Waals surface area contributed by atoms with Crippen LogP contribution in [0.25, 0.3) is 0 Å². The lowest BCUT2D eigenvalue weighted by atomic mass is 10.0. The molecule has 0 saturated carbocycles. The highest BCUT2D eigenvalue weighted by Gasteiger charge is 2.24. The Labute approximate surface area is 189 Å². The van der Waals surface area contributed by atoms with Crippen molar-refractivity contribution in [2.75, 3.05) is 4.72 Å². The van der Waals surface area contributed by atoms with Gasteiger partial charge in [-0.15, -0.1) is 0 Å². The molecule has 0 radical (unpaired) electrons. The second kappa shape index (κ2) is 8.30. The summed E-state index contributed by atoms with van der Waals surface area (Å²) >= 11 is 15.6. The van der Waals surface area contributed by atoms with E-state index in [-0.39, 0.29) is 10.7 Å². The number of sulfonamides is 1. The lowest BCUT2D eigenvalue weighted by Gasteiger charge is -2.16. The van der Waals surface area contributed by atoms with Crippen LogP contribution in [0.1, 0.15) is 27.8 Å². The monoisotopic (exact) mass is 515 g/mol. The molecule has 3 rings (SSSR count). The quantitative estimate of drug-likeness (QED) is 0.450. The van der Waals surface area contributed by atoms with Crippen LogP contribution in [0.2, 0.25) is 10.0 Å². The fraction of sp³-hybridized carbons (Fsp3) is 0.250. The molecule has 0 saturated heterocycles. The minimum atomic E-state index is -3.81. The van der Waals surface area contributed by atoms with Crippen LogP contribution in [-0.2, 0) is 16.6 Å². The highest BCUT2D eigenvalue weighted by molar-refractivity contribution is 9.10. The van der Waals surface area contributed by atoms with E-state index >= 15 is 0 Å². The first-order chi connectivity index (χ1) is 13.5. The zero-order valence-electron chi connectivity index (χ0n) is 16.3. The second-order valence-electron chi connectivity index (χ2n) is 6.95. The molecule has 1 N–H and O–H groups in total. The van der Waals surface area contributed by atoms with Crippen LogP contribution >= 0.6 is 39.1 Å². The van der Waals surface area contributed by atoms with E-state index in [4.69, 9.17) is 23.2 Å². The fourth-order valence-corrected chi connectivity index (χ4v) is 5.78. The standard InChI is InChI=1S/C20H20BrCl2N3O2S/c1-11-7-12(2)14(4)19(13(11)3)29(27,28)25-20-17(21)10-26(24-20)9-15-5-6-16(22)8-18(15)23/h5-8,10H,9H2,1-4H3,(H,24,25). The van der Waals surface area contributed by atoms with E-state index in [1.807, 2.05) is 39.8 Å². The molecule has 154 valence electrons. The molecule has 0 bridgehead atoms. The van der Waals surface area contributed by atoms with Gasteiger partial charge in [-0.05, 0) is 83.6 Å². The molecule has 0 spiro atoms. The smallest absolute Gasteiger partial charge is 0.263 e. The second-order valence-corrected chi connectivity index (χ2v) is 10.3. The molecule has 1 aromatic heterocycles. The van der Waals surface area contributed by atoms with Crippen molar-refractivity contribution in [2.24, 2.45) is 0 Å². The number of rotatable bonds is 5. The van der Waals surface area contributed by atoms with Crippen LogP contribution in [0.15, 0.2) is 39.8 Å². The Morgan fingerprint density at radius 1 is 1.07 bits per heavy atom. The van der Waals surface area contributed by atoms with Crippen molar-refractivity contribution in [3.05, 3.63) is 72.8 Å². The van der Waals surface area contributed by atoms with Crippen molar-refractivity contribution < 1.29 is 8.42 Å². The zero-order valence-corrected chi connectivity index (χ0v) is 20.3. The summed E-state index contributed by atoms with van der Waals surface area (Å²) in [6.45, 7) is 7.81. The third kappa shape index (κ3) is 4.63. The minimum Gasteiger partial charge on any atom is -0.265 e. The Hall–Kier alpha value is -1.54. The van der Waals surface area contributed by atoms with Crippen molar-refractivity contribution >= 4 is 55.0 Å². The first-order valence-electron chi connectivity index (χ1n) is 8.76. The summed E-state index contributed by atoms with van der Waals surface area (Å²) in [5.41, 5.74) is 4.13. The summed E-state index contributed by atoms with van der Waals surface area (Å²) in [5.74, 6) is 0.216. The van der Waals surface area contributed by atoms with Gasteiger partial charge in [0.15, 0.2) is 5.82 Å². The summed E-state index contributed by atoms with van der Waals surface area (Å²) in [5, 5.41) is 5.44. The van der Waals surface area contributed by atoms with E-state index in [9.17, 15) is 8.42 Å². The Balaban J connectivity index is 1.93. The molecule has 0 aliphatic carbocycles. The number of nitrogens with zero attached hydrogens (tertiary/aromatic N) is 2. The van der Waals surface area contributed by atoms with Crippen LogP contribution in [0.4, 0.5) is 5.82 Å². The average Bonchev–Trinajstić information content (AvgIpc) is 2.94. The Bertz CT molecular complexity index is 1180. The Morgan fingerprint density at radius 2 is 1.69 bits per heavy atom. The SMILES string of the molecule is Cc1cc(C)c(C)c(S(=O)(=O)Nc2nn(Cc3ccc(Cl)cc3Cl)cc2Br)c1C. The predicted molar refractivity (Wildman–Crippen MR) is 122 cm³/mol. The number of hydrogen-bond acceptors (Lipinski definition) is 3. The van der Waals surface area contributed by atoms with Crippen LogP contribution in [-0.4, -0.2) is 18.2 Å². The van der Waals surface area contributed by atoms with Gasteiger partial charge in [-0.3, -0.25) is 9.40 Å². The maximum absolute atomic E-state index is 13.1. The summed E-state index contributed by atoms with van der Waals surface area (Å²) in [6, 6.07) is 7.21. The molecule has 9 heteroatoms. The number of nitrogens with one attached hydrogen (secondary N) is 1. The Kier molecular flexibility index (Phi) is 6.34. The largest absolute Gasteiger partial charge is 0.265 e. The van der Waals surface area contributed by atoms with Crippen molar-refractivity contribution in [1.82, 2.24) is 9.78 Å². The van der Waals surface area contributed by atoms with E-state index < -0.39 is 10.0 Å². The van der Waals surface area contributed by atoms with Gasteiger partial charge in [0.1, 0.15) is 0 Å². The lowest BCUT2D eigenvalue weighted by Crippen LogP contribution is -2.18. The van der Waals surface area contributed by atoms with E-state index in [1.54, 1.807) is 23.0 Å². The topological polar surface area (TPSA) is 64.0 Å². The first-order valence-corrected chi connectivity index (χ1v) is 11.8. The molecular weight excluding hydrogens is 497 g/mol. The number of aryl methyl sites for hydroxylation is 2. The van der Waals surface area contributed by atoms with Crippen molar-refractivity contribution in [3.8, 4) is 0 Å². The van der Waals surface area contributed by atoms with Gasteiger partial charge in [0.05, 0.1) is 15.9 Å². The van der Waals surface area contributed by atoms with Gasteiger partial charge in [0.2, 0.25) is 0 Å². The molecule has 1 heterocycles. The van der Waals surface area contributed by atoms with Crippen LogP contribution in [0.3, 0.4) is 0 Å². The fourth-order valence-electron chi connectivity index (χ4n) is 3.13. The summed E-state index contributed by atoms with van der Waals surface area (Å²) in [6.07, 6.45) is 1.70. The molecule has 5 nitrogen and oxygen atoms in total. The highest BCUT2D eigenvalue weighted by Crippen LogP contribution is 2.30. The molecule has 2 aromatic carbocycles. The normalized spacial score (nSPS) is 11.7. The van der Waals surface area contributed by atoms with Gasteiger partial charge in [-0.1, -0.05) is 35.3 Å². The molecule has 29 heavy (non-hydrogen) atoms. The zero-order chi connectivity index (χ0) is 21.5. The summed E-state index contributed by atoms with van der Waals surface area (Å²) in [4.78, 5) is 0.289. The van der Waals surface area contributed by atoms with Gasteiger partial charge < -0.3 is 0 Å². The molecule has 0 fully saturated rings. The number of halogens is 3. The van der Waals surface area contributed by atoms with E-state index in [0.29, 0.717) is 21.1 Å². The molecule has 0 amide bonds. The first kappa shape index (κ1) is 22.2. The average molecular weight is 517 g/mol. The number of benzene rings is 2. The van der Waals surface area contributed by atoms with Crippen LogP contribution < -0.4 is 4.72 Å². The van der Waals surface area contributed by atoms with Crippen LogP contribution in [0, 0.1) is 27.7 Å². The van der Waals surface area contributed by atoms with Crippen molar-refractivity contribution in [1.29, 1.82) is 0 Å². The molecule has 0 aliphatic rings. The van der Waals surface area contributed by atoms with Gasteiger partial charge in [-0.2, -0.15) is 5.10 Å². The highest BCUT2D eigenvalue weighted by atomic mass is 79.9. The van der Waals surface area contributed by atoms with Crippen molar-refractivity contribution in [2.45, 2.75) is 39.1 Å². The molecule has 3 aromatic rings. The van der Waals surface area contributed by atoms with Gasteiger partial charge >= 0.3 is 0 Å². The van der Waals surface area contributed by atoms with E-state index in [0.717, 1.165) is 27.8 Å². The van der Waals surface area contributed by atoms with Gasteiger partial charge in [0.25, 0.3) is 10.0 Å². The predicted octanol–water partition coefficient (Wildman–Crippen LogP) is 6.04. The van der Waals surface area contributed by atoms with E-state index in [2.05, 4.69) is 25.8 Å². The van der Waals surface area contributed by atoms with Gasteiger partial charge in [0, 0.05) is 16.2 Å². The number of anilines is 1. The lowest BCUT2D eigenvalue weighted by molar-refractivity contribution is 0.599.